The third-order valence-electron chi connectivity index (χ3n) is 3.35. The number of carbonyl (C=O) groups excluding carboxylic acids is 1. The number of carbonyl (C=O) groups is 2. The van der Waals surface area contributed by atoms with Crippen molar-refractivity contribution in [3.63, 3.8) is 0 Å². The minimum Gasteiger partial charge on any atom is -0.475 e. The molecule has 1 amide bonds. The SMILES string of the molecule is O=C(Nc1ccc(-c2ccc(C(=O)O)o2)c(Br)c1)c1ccccc1. The molecule has 0 aliphatic carbocycles. The lowest BCUT2D eigenvalue weighted by Crippen LogP contribution is -2.11. The van der Waals surface area contributed by atoms with Crippen LogP contribution in [-0.2, 0) is 0 Å². The molecule has 2 aromatic carbocycles. The maximum atomic E-state index is 12.1. The smallest absolute Gasteiger partial charge is 0.371 e. The summed E-state index contributed by atoms with van der Waals surface area (Å²) in [5, 5.41) is 11.7. The highest BCUT2D eigenvalue weighted by molar-refractivity contribution is 9.10. The topological polar surface area (TPSA) is 79.5 Å². The average molecular weight is 386 g/mol. The molecule has 3 aromatic rings. The number of furan rings is 1. The van der Waals surface area contributed by atoms with Crippen LogP contribution in [-0.4, -0.2) is 17.0 Å². The van der Waals surface area contributed by atoms with Gasteiger partial charge in [-0.05, 0) is 58.4 Å². The Balaban J connectivity index is 1.82. The van der Waals surface area contributed by atoms with E-state index in [1.165, 1.54) is 6.07 Å². The van der Waals surface area contributed by atoms with Gasteiger partial charge in [0, 0.05) is 21.3 Å². The first kappa shape index (κ1) is 16.0. The summed E-state index contributed by atoms with van der Waals surface area (Å²) in [6.07, 6.45) is 0. The first-order valence-electron chi connectivity index (χ1n) is 7.04. The van der Waals surface area contributed by atoms with Gasteiger partial charge in [-0.1, -0.05) is 18.2 Å². The van der Waals surface area contributed by atoms with E-state index in [4.69, 9.17) is 9.52 Å². The molecule has 6 heteroatoms. The Morgan fingerprint density at radius 1 is 1.00 bits per heavy atom. The van der Waals surface area contributed by atoms with Gasteiger partial charge in [-0.2, -0.15) is 0 Å². The number of halogens is 1. The van der Waals surface area contributed by atoms with Crippen LogP contribution in [0.3, 0.4) is 0 Å². The molecule has 0 aliphatic heterocycles. The first-order chi connectivity index (χ1) is 11.5. The number of anilines is 1. The minimum absolute atomic E-state index is 0.127. The van der Waals surface area contributed by atoms with Crippen LogP contribution in [0.4, 0.5) is 5.69 Å². The van der Waals surface area contributed by atoms with Gasteiger partial charge in [-0.25, -0.2) is 4.79 Å². The van der Waals surface area contributed by atoms with Gasteiger partial charge in [0.15, 0.2) is 0 Å². The Kier molecular flexibility index (Phi) is 4.48. The number of nitrogens with one attached hydrogen (secondary N) is 1. The van der Waals surface area contributed by atoms with Gasteiger partial charge < -0.3 is 14.8 Å². The van der Waals surface area contributed by atoms with E-state index < -0.39 is 5.97 Å². The lowest BCUT2D eigenvalue weighted by Gasteiger charge is -2.08. The van der Waals surface area contributed by atoms with Crippen molar-refractivity contribution in [1.82, 2.24) is 0 Å². The Morgan fingerprint density at radius 3 is 2.38 bits per heavy atom. The summed E-state index contributed by atoms with van der Waals surface area (Å²) in [6.45, 7) is 0. The fourth-order valence-corrected chi connectivity index (χ4v) is 2.76. The van der Waals surface area contributed by atoms with Crippen molar-refractivity contribution in [2.45, 2.75) is 0 Å². The second kappa shape index (κ2) is 6.72. The van der Waals surface area contributed by atoms with Gasteiger partial charge in [0.1, 0.15) is 5.76 Å². The number of carboxylic acids is 1. The molecule has 0 aliphatic rings. The molecule has 2 N–H and O–H groups in total. The third kappa shape index (κ3) is 3.38. The second-order valence-electron chi connectivity index (χ2n) is 4.98. The number of hydrogen-bond donors (Lipinski definition) is 2. The summed E-state index contributed by atoms with van der Waals surface area (Å²) in [4.78, 5) is 23.0. The highest BCUT2D eigenvalue weighted by Crippen LogP contribution is 2.32. The van der Waals surface area contributed by atoms with Crippen molar-refractivity contribution in [3.8, 4) is 11.3 Å². The summed E-state index contributed by atoms with van der Waals surface area (Å²) in [6, 6.07) is 17.1. The Morgan fingerprint density at radius 2 is 1.75 bits per heavy atom. The van der Waals surface area contributed by atoms with Crippen LogP contribution in [0.15, 0.2) is 69.6 Å². The summed E-state index contributed by atoms with van der Waals surface area (Å²) >= 11 is 3.42. The number of hydrogen-bond acceptors (Lipinski definition) is 3. The molecular formula is C18H12BrNO4. The van der Waals surface area contributed by atoms with E-state index in [-0.39, 0.29) is 11.7 Å². The molecule has 1 heterocycles. The number of aromatic carboxylic acids is 1. The molecule has 0 fully saturated rings. The monoisotopic (exact) mass is 385 g/mol. The van der Waals surface area contributed by atoms with E-state index in [1.54, 1.807) is 48.5 Å². The molecule has 0 atom stereocenters. The van der Waals surface area contributed by atoms with Crippen molar-refractivity contribution < 1.29 is 19.1 Å². The van der Waals surface area contributed by atoms with Crippen LogP contribution < -0.4 is 5.32 Å². The van der Waals surface area contributed by atoms with Crippen LogP contribution >= 0.6 is 15.9 Å². The molecule has 24 heavy (non-hydrogen) atoms. The standard InChI is InChI=1S/C18H12BrNO4/c19-14-10-12(20-17(21)11-4-2-1-3-5-11)6-7-13(14)15-8-9-16(24-15)18(22)23/h1-10H,(H,20,21)(H,22,23). The zero-order valence-corrected chi connectivity index (χ0v) is 13.9. The molecule has 0 radical (unpaired) electrons. The Hall–Kier alpha value is -2.86. The van der Waals surface area contributed by atoms with Crippen molar-refractivity contribution in [2.75, 3.05) is 5.32 Å². The molecule has 0 spiro atoms. The van der Waals surface area contributed by atoms with Crippen LogP contribution in [0, 0.1) is 0 Å². The molecule has 0 bridgehead atoms. The average Bonchev–Trinajstić information content (AvgIpc) is 3.06. The van der Waals surface area contributed by atoms with Gasteiger partial charge in [-0.15, -0.1) is 0 Å². The van der Waals surface area contributed by atoms with Crippen LogP contribution in [0.25, 0.3) is 11.3 Å². The molecule has 0 saturated heterocycles. The maximum Gasteiger partial charge on any atom is 0.371 e. The number of benzene rings is 2. The molecule has 0 unspecified atom stereocenters. The largest absolute Gasteiger partial charge is 0.475 e. The lowest BCUT2D eigenvalue weighted by atomic mass is 10.1. The van der Waals surface area contributed by atoms with E-state index in [1.807, 2.05) is 6.07 Å². The Bertz CT molecular complexity index is 902. The van der Waals surface area contributed by atoms with E-state index >= 15 is 0 Å². The highest BCUT2D eigenvalue weighted by atomic mass is 79.9. The summed E-state index contributed by atoms with van der Waals surface area (Å²) in [7, 11) is 0. The summed E-state index contributed by atoms with van der Waals surface area (Å²) < 4.78 is 5.97. The quantitative estimate of drug-likeness (QED) is 0.684. The van der Waals surface area contributed by atoms with Gasteiger partial charge in [0.2, 0.25) is 5.76 Å². The maximum absolute atomic E-state index is 12.1. The highest BCUT2D eigenvalue weighted by Gasteiger charge is 2.13. The van der Waals surface area contributed by atoms with Crippen molar-refractivity contribution in [2.24, 2.45) is 0 Å². The number of amides is 1. The zero-order chi connectivity index (χ0) is 17.1. The van der Waals surface area contributed by atoms with Crippen LogP contribution in [0.2, 0.25) is 0 Å². The molecular weight excluding hydrogens is 374 g/mol. The predicted octanol–water partition coefficient (Wildman–Crippen LogP) is 4.66. The van der Waals surface area contributed by atoms with Crippen molar-refractivity contribution in [1.29, 1.82) is 0 Å². The third-order valence-corrected chi connectivity index (χ3v) is 4.00. The summed E-state index contributed by atoms with van der Waals surface area (Å²) in [5.74, 6) is -1.02. The van der Waals surface area contributed by atoms with E-state index in [0.29, 0.717) is 27.0 Å². The van der Waals surface area contributed by atoms with Gasteiger partial charge in [0.25, 0.3) is 5.91 Å². The minimum atomic E-state index is -1.12. The zero-order valence-electron chi connectivity index (χ0n) is 12.3. The van der Waals surface area contributed by atoms with Gasteiger partial charge in [0.05, 0.1) is 0 Å². The van der Waals surface area contributed by atoms with Gasteiger partial charge in [-0.3, -0.25) is 4.79 Å². The van der Waals surface area contributed by atoms with E-state index in [0.717, 1.165) is 0 Å². The molecule has 120 valence electrons. The van der Waals surface area contributed by atoms with E-state index in [9.17, 15) is 9.59 Å². The molecule has 5 nitrogen and oxygen atoms in total. The first-order valence-corrected chi connectivity index (χ1v) is 7.83. The van der Waals surface area contributed by atoms with Crippen molar-refractivity contribution in [3.05, 3.63) is 76.5 Å². The molecule has 3 rings (SSSR count). The van der Waals surface area contributed by atoms with Crippen LogP contribution in [0.5, 0.6) is 0 Å². The molecule has 0 saturated carbocycles. The van der Waals surface area contributed by atoms with Gasteiger partial charge >= 0.3 is 5.97 Å². The van der Waals surface area contributed by atoms with Crippen molar-refractivity contribution >= 4 is 33.5 Å². The second-order valence-corrected chi connectivity index (χ2v) is 5.84. The normalized spacial score (nSPS) is 10.4. The van der Waals surface area contributed by atoms with E-state index in [2.05, 4.69) is 21.2 Å². The lowest BCUT2D eigenvalue weighted by molar-refractivity contribution is 0.0663. The number of rotatable bonds is 4. The molecule has 1 aromatic heterocycles. The van der Waals surface area contributed by atoms with Crippen LogP contribution in [0.1, 0.15) is 20.9 Å². The fraction of sp³-hybridized carbons (Fsp3) is 0. The predicted molar refractivity (Wildman–Crippen MR) is 93.2 cm³/mol. The fourth-order valence-electron chi connectivity index (χ4n) is 2.18. The Labute approximate surface area is 146 Å². The number of carboxylic acid groups (broad SMARTS) is 1. The summed E-state index contributed by atoms with van der Waals surface area (Å²) in [5.41, 5.74) is 1.87.